The highest BCUT2D eigenvalue weighted by Crippen LogP contribution is 2.24. The van der Waals surface area contributed by atoms with Gasteiger partial charge in [-0.3, -0.25) is 9.48 Å². The van der Waals surface area contributed by atoms with E-state index in [-0.39, 0.29) is 17.9 Å². The largest absolute Gasteiger partial charge is 0.467 e. The minimum Gasteiger partial charge on any atom is -0.467 e. The van der Waals surface area contributed by atoms with Gasteiger partial charge in [0.25, 0.3) is 0 Å². The van der Waals surface area contributed by atoms with E-state index in [1.165, 1.54) is 19.3 Å². The summed E-state index contributed by atoms with van der Waals surface area (Å²) >= 11 is 0. The second kappa shape index (κ2) is 6.61. The Morgan fingerprint density at radius 2 is 2.24 bits per heavy atom. The van der Waals surface area contributed by atoms with E-state index in [1.807, 2.05) is 29.1 Å². The number of furan rings is 1. The Kier molecular flexibility index (Phi) is 4.38. The lowest BCUT2D eigenvalue weighted by molar-refractivity contribution is -0.126. The first-order valence-electron chi connectivity index (χ1n) is 7.65. The number of nitrogens with zero attached hydrogens (tertiary/aromatic N) is 2. The first-order chi connectivity index (χ1) is 10.3. The molecule has 0 radical (unpaired) electrons. The molecule has 112 valence electrons. The summed E-state index contributed by atoms with van der Waals surface area (Å²) in [5.41, 5.74) is 0. The van der Waals surface area contributed by atoms with Crippen molar-refractivity contribution in [3.05, 3.63) is 42.6 Å². The fourth-order valence-corrected chi connectivity index (χ4v) is 2.98. The van der Waals surface area contributed by atoms with Gasteiger partial charge in [-0.15, -0.1) is 0 Å². The lowest BCUT2D eigenvalue weighted by atomic mass is 9.88. The summed E-state index contributed by atoms with van der Waals surface area (Å²) in [6, 6.07) is 5.55. The van der Waals surface area contributed by atoms with Crippen LogP contribution in [-0.2, 0) is 4.79 Å². The molecule has 0 saturated heterocycles. The van der Waals surface area contributed by atoms with E-state index in [0.717, 1.165) is 18.6 Å². The molecule has 1 atom stereocenters. The van der Waals surface area contributed by atoms with E-state index in [2.05, 4.69) is 10.4 Å². The Morgan fingerprint density at radius 3 is 2.90 bits per heavy atom. The number of nitrogens with one attached hydrogen (secondary N) is 1. The van der Waals surface area contributed by atoms with Crippen LogP contribution in [0.3, 0.4) is 0 Å². The summed E-state index contributed by atoms with van der Waals surface area (Å²) in [7, 11) is 0. The molecule has 0 bridgehead atoms. The van der Waals surface area contributed by atoms with Gasteiger partial charge in [0.15, 0.2) is 0 Å². The normalized spacial score (nSPS) is 17.5. The van der Waals surface area contributed by atoms with Gasteiger partial charge in [-0.2, -0.15) is 5.10 Å². The number of rotatable bonds is 5. The fraction of sp³-hybridized carbons (Fsp3) is 0.500. The molecule has 1 N–H and O–H groups in total. The van der Waals surface area contributed by atoms with Crippen LogP contribution < -0.4 is 5.32 Å². The molecular weight excluding hydrogens is 266 g/mol. The third kappa shape index (κ3) is 3.35. The highest BCUT2D eigenvalue weighted by Gasteiger charge is 2.23. The van der Waals surface area contributed by atoms with Gasteiger partial charge in [-0.05, 0) is 31.0 Å². The molecule has 1 unspecified atom stereocenters. The van der Waals surface area contributed by atoms with E-state index in [9.17, 15) is 4.79 Å². The highest BCUT2D eigenvalue weighted by molar-refractivity contribution is 5.78. The Morgan fingerprint density at radius 1 is 1.38 bits per heavy atom. The zero-order chi connectivity index (χ0) is 14.5. The molecule has 0 aromatic carbocycles. The van der Waals surface area contributed by atoms with Crippen molar-refractivity contribution in [2.24, 2.45) is 5.92 Å². The molecule has 1 aliphatic rings. The Hall–Kier alpha value is -2.04. The summed E-state index contributed by atoms with van der Waals surface area (Å²) in [4.78, 5) is 12.3. The van der Waals surface area contributed by atoms with Gasteiger partial charge >= 0.3 is 0 Å². The van der Waals surface area contributed by atoms with Gasteiger partial charge in [-0.25, -0.2) is 0 Å². The Labute approximate surface area is 124 Å². The first-order valence-corrected chi connectivity index (χ1v) is 7.65. The minimum atomic E-state index is -0.0949. The van der Waals surface area contributed by atoms with Crippen molar-refractivity contribution in [2.45, 2.75) is 38.1 Å². The quantitative estimate of drug-likeness (QED) is 0.920. The molecule has 2 heterocycles. The standard InChI is InChI=1S/C16H21N3O2/c20-16(13-6-2-1-3-7-13)17-12-14(15-8-4-11-21-15)19-10-5-9-18-19/h4-5,8-11,13-14H,1-3,6-7,12H2,(H,17,20). The number of carbonyl (C=O) groups excluding carboxylic acids is 1. The van der Waals surface area contributed by atoms with Crippen LogP contribution in [0.1, 0.15) is 43.9 Å². The number of hydrogen-bond acceptors (Lipinski definition) is 3. The SMILES string of the molecule is O=C(NCC(c1ccco1)n1cccn1)C1CCCCC1. The summed E-state index contributed by atoms with van der Waals surface area (Å²) in [5.74, 6) is 1.15. The molecule has 1 aliphatic carbocycles. The second-order valence-electron chi connectivity index (χ2n) is 5.60. The molecule has 1 saturated carbocycles. The summed E-state index contributed by atoms with van der Waals surface area (Å²) in [6.45, 7) is 0.504. The summed E-state index contributed by atoms with van der Waals surface area (Å²) < 4.78 is 7.30. The highest BCUT2D eigenvalue weighted by atomic mass is 16.3. The Bertz CT molecular complexity index is 508. The van der Waals surface area contributed by atoms with Gasteiger partial charge in [0.05, 0.1) is 6.26 Å². The molecule has 2 aromatic rings. The van der Waals surface area contributed by atoms with Gasteiger partial charge in [-0.1, -0.05) is 19.3 Å². The predicted octanol–water partition coefficient (Wildman–Crippen LogP) is 2.76. The summed E-state index contributed by atoms with van der Waals surface area (Å²) in [5, 5.41) is 7.34. The van der Waals surface area contributed by atoms with E-state index in [4.69, 9.17) is 4.42 Å². The van der Waals surface area contributed by atoms with Crippen molar-refractivity contribution in [3.8, 4) is 0 Å². The maximum Gasteiger partial charge on any atom is 0.223 e. The molecule has 5 nitrogen and oxygen atoms in total. The predicted molar refractivity (Wildman–Crippen MR) is 78.7 cm³/mol. The van der Waals surface area contributed by atoms with Gasteiger partial charge in [0.1, 0.15) is 11.8 Å². The van der Waals surface area contributed by atoms with Crippen LogP contribution in [0, 0.1) is 5.92 Å². The number of hydrogen-bond donors (Lipinski definition) is 1. The first kappa shape index (κ1) is 13.9. The van der Waals surface area contributed by atoms with Crippen LogP contribution in [0.4, 0.5) is 0 Å². The van der Waals surface area contributed by atoms with Crippen molar-refractivity contribution in [3.63, 3.8) is 0 Å². The van der Waals surface area contributed by atoms with Crippen molar-refractivity contribution in [1.82, 2.24) is 15.1 Å². The van der Waals surface area contributed by atoms with E-state index < -0.39 is 0 Å². The maximum atomic E-state index is 12.3. The number of amides is 1. The van der Waals surface area contributed by atoms with E-state index >= 15 is 0 Å². The second-order valence-corrected chi connectivity index (χ2v) is 5.60. The molecular formula is C16H21N3O2. The van der Waals surface area contributed by atoms with Crippen LogP contribution in [0.15, 0.2) is 41.3 Å². The molecule has 5 heteroatoms. The lowest BCUT2D eigenvalue weighted by Crippen LogP contribution is -2.36. The number of carbonyl (C=O) groups is 1. The topological polar surface area (TPSA) is 60.1 Å². The van der Waals surface area contributed by atoms with Crippen LogP contribution in [0.2, 0.25) is 0 Å². The third-order valence-corrected chi connectivity index (χ3v) is 4.16. The maximum absolute atomic E-state index is 12.3. The van der Waals surface area contributed by atoms with Crippen LogP contribution in [-0.4, -0.2) is 22.2 Å². The van der Waals surface area contributed by atoms with E-state index in [1.54, 1.807) is 12.5 Å². The van der Waals surface area contributed by atoms with Crippen LogP contribution in [0.25, 0.3) is 0 Å². The average molecular weight is 287 g/mol. The van der Waals surface area contributed by atoms with Crippen molar-refractivity contribution >= 4 is 5.91 Å². The smallest absolute Gasteiger partial charge is 0.223 e. The molecule has 21 heavy (non-hydrogen) atoms. The molecule has 0 aliphatic heterocycles. The third-order valence-electron chi connectivity index (χ3n) is 4.16. The number of aromatic nitrogens is 2. The van der Waals surface area contributed by atoms with Crippen molar-refractivity contribution in [2.75, 3.05) is 6.54 Å². The fourth-order valence-electron chi connectivity index (χ4n) is 2.98. The zero-order valence-corrected chi connectivity index (χ0v) is 12.1. The summed E-state index contributed by atoms with van der Waals surface area (Å²) in [6.07, 6.45) is 10.9. The minimum absolute atomic E-state index is 0.0949. The van der Waals surface area contributed by atoms with Crippen LogP contribution in [0.5, 0.6) is 0 Å². The average Bonchev–Trinajstić information content (AvgIpc) is 3.22. The molecule has 2 aromatic heterocycles. The lowest BCUT2D eigenvalue weighted by Gasteiger charge is -2.22. The van der Waals surface area contributed by atoms with E-state index in [0.29, 0.717) is 6.54 Å². The molecule has 3 rings (SSSR count). The zero-order valence-electron chi connectivity index (χ0n) is 12.1. The van der Waals surface area contributed by atoms with Gasteiger partial charge < -0.3 is 9.73 Å². The monoisotopic (exact) mass is 287 g/mol. The molecule has 1 amide bonds. The molecule has 0 spiro atoms. The molecule has 1 fully saturated rings. The Balaban J connectivity index is 1.64. The van der Waals surface area contributed by atoms with Crippen molar-refractivity contribution < 1.29 is 9.21 Å². The van der Waals surface area contributed by atoms with Gasteiger partial charge in [0, 0.05) is 24.9 Å². The van der Waals surface area contributed by atoms with Crippen LogP contribution >= 0.6 is 0 Å². The van der Waals surface area contributed by atoms with Crippen molar-refractivity contribution in [1.29, 1.82) is 0 Å². The van der Waals surface area contributed by atoms with Gasteiger partial charge in [0.2, 0.25) is 5.91 Å².